The second kappa shape index (κ2) is 3.20. The summed E-state index contributed by atoms with van der Waals surface area (Å²) in [5, 5.41) is 0. The fraction of sp³-hybridized carbons (Fsp3) is 1.00. The molecule has 4 heteroatoms. The van der Waals surface area contributed by atoms with E-state index in [-0.39, 0.29) is 0 Å². The topological polar surface area (TPSA) is 37.4 Å². The highest BCUT2D eigenvalue weighted by Crippen LogP contribution is 2.32. The van der Waals surface area contributed by atoms with Gasteiger partial charge in [0, 0.05) is 19.6 Å². The first kappa shape index (κ1) is 10.4. The van der Waals surface area contributed by atoms with Gasteiger partial charge in [0.2, 0.25) is 0 Å². The molecule has 0 radical (unpaired) electrons. The zero-order valence-electron chi connectivity index (χ0n) is 8.99. The summed E-state index contributed by atoms with van der Waals surface area (Å²) in [6.07, 6.45) is 2.67. The molecule has 1 aliphatic carbocycles. The molecule has 0 spiro atoms. The highest BCUT2D eigenvalue weighted by atomic mass is 32.2. The fourth-order valence-electron chi connectivity index (χ4n) is 2.06. The molecule has 0 amide bonds. The molecule has 2 aliphatic rings. The highest BCUT2D eigenvalue weighted by molar-refractivity contribution is 7.92. The first-order valence-corrected chi connectivity index (χ1v) is 7.01. The summed E-state index contributed by atoms with van der Waals surface area (Å²) in [5.41, 5.74) is 0. The van der Waals surface area contributed by atoms with Crippen LogP contribution in [0.15, 0.2) is 0 Å². The maximum Gasteiger partial charge on any atom is 0.157 e. The second-order valence-electron chi connectivity index (χ2n) is 5.26. The van der Waals surface area contributed by atoms with Crippen LogP contribution >= 0.6 is 0 Å². The van der Waals surface area contributed by atoms with Crippen molar-refractivity contribution >= 4 is 9.84 Å². The highest BCUT2D eigenvalue weighted by Gasteiger charge is 2.41. The number of nitrogens with zero attached hydrogens (tertiary/aromatic N) is 1. The molecule has 0 bridgehead atoms. The minimum Gasteiger partial charge on any atom is -0.301 e. The van der Waals surface area contributed by atoms with Crippen molar-refractivity contribution in [2.75, 3.05) is 25.4 Å². The van der Waals surface area contributed by atoms with Gasteiger partial charge in [0.1, 0.15) is 0 Å². The van der Waals surface area contributed by atoms with Crippen LogP contribution in [0.25, 0.3) is 0 Å². The van der Waals surface area contributed by atoms with Gasteiger partial charge in [0.15, 0.2) is 9.84 Å². The minimum absolute atomic E-state index is 0.340. The lowest BCUT2D eigenvalue weighted by Gasteiger charge is -2.37. The summed E-state index contributed by atoms with van der Waals surface area (Å²) >= 11 is 0. The molecule has 1 saturated heterocycles. The molecule has 2 fully saturated rings. The quantitative estimate of drug-likeness (QED) is 0.690. The largest absolute Gasteiger partial charge is 0.301 e. The van der Waals surface area contributed by atoms with Gasteiger partial charge < -0.3 is 4.90 Å². The van der Waals surface area contributed by atoms with E-state index in [0.717, 1.165) is 19.0 Å². The van der Waals surface area contributed by atoms with Crippen molar-refractivity contribution in [1.82, 2.24) is 4.90 Å². The van der Waals surface area contributed by atoms with Crippen molar-refractivity contribution < 1.29 is 8.42 Å². The number of hydrogen-bond acceptors (Lipinski definition) is 3. The lowest BCUT2D eigenvalue weighted by atomic mass is 10.2. The Hall–Kier alpha value is -0.0900. The van der Waals surface area contributed by atoms with Crippen LogP contribution in [0.3, 0.4) is 0 Å². The van der Waals surface area contributed by atoms with Crippen LogP contribution in [0.2, 0.25) is 0 Å². The summed E-state index contributed by atoms with van der Waals surface area (Å²) in [6, 6.07) is 0. The maximum absolute atomic E-state index is 11.7. The first-order valence-electron chi connectivity index (χ1n) is 5.35. The van der Waals surface area contributed by atoms with Gasteiger partial charge in [-0.15, -0.1) is 0 Å². The molecule has 82 valence electrons. The monoisotopic (exact) mass is 217 g/mol. The molecule has 3 nitrogen and oxygen atoms in total. The fourth-order valence-corrected chi connectivity index (χ4v) is 3.49. The lowest BCUT2D eigenvalue weighted by molar-refractivity contribution is 0.240. The molecule has 0 N–H and O–H groups in total. The Kier molecular flexibility index (Phi) is 2.39. The summed E-state index contributed by atoms with van der Waals surface area (Å²) < 4.78 is 22.9. The minimum atomic E-state index is -2.85. The van der Waals surface area contributed by atoms with Gasteiger partial charge in [0.25, 0.3) is 0 Å². The van der Waals surface area contributed by atoms with E-state index in [1.807, 2.05) is 13.8 Å². The van der Waals surface area contributed by atoms with Gasteiger partial charge in [-0.1, -0.05) is 0 Å². The van der Waals surface area contributed by atoms with Crippen molar-refractivity contribution in [1.29, 1.82) is 0 Å². The van der Waals surface area contributed by atoms with Crippen LogP contribution in [0.4, 0.5) is 0 Å². The molecule has 0 unspecified atom stereocenters. The third kappa shape index (κ3) is 1.96. The van der Waals surface area contributed by atoms with Crippen LogP contribution < -0.4 is 0 Å². The Balaban J connectivity index is 2.01. The predicted octanol–water partition coefficient (Wildman–Crippen LogP) is 0.905. The van der Waals surface area contributed by atoms with Crippen LogP contribution in [0.1, 0.15) is 26.7 Å². The smallest absolute Gasteiger partial charge is 0.157 e. The van der Waals surface area contributed by atoms with E-state index in [2.05, 4.69) is 4.90 Å². The average Bonchev–Trinajstić information content (AvgIpc) is 2.81. The summed E-state index contributed by atoms with van der Waals surface area (Å²) in [6.45, 7) is 6.26. The Morgan fingerprint density at radius 1 is 1.36 bits per heavy atom. The Morgan fingerprint density at radius 3 is 2.50 bits per heavy atom. The summed E-state index contributed by atoms with van der Waals surface area (Å²) in [4.78, 5) is 2.32. The van der Waals surface area contributed by atoms with Gasteiger partial charge in [-0.3, -0.25) is 0 Å². The van der Waals surface area contributed by atoms with Crippen LogP contribution in [0, 0.1) is 5.92 Å². The maximum atomic E-state index is 11.7. The molecule has 1 saturated carbocycles. The molecule has 0 atom stereocenters. The van der Waals surface area contributed by atoms with E-state index in [4.69, 9.17) is 0 Å². The summed E-state index contributed by atoms with van der Waals surface area (Å²) in [7, 11) is -2.85. The number of hydrogen-bond donors (Lipinski definition) is 0. The number of rotatable bonds is 2. The predicted molar refractivity (Wildman–Crippen MR) is 57.0 cm³/mol. The first-order chi connectivity index (χ1) is 6.41. The Bertz CT molecular complexity index is 317. The molecule has 1 aliphatic heterocycles. The molecule has 14 heavy (non-hydrogen) atoms. The van der Waals surface area contributed by atoms with E-state index in [1.54, 1.807) is 0 Å². The molecule has 0 aromatic heterocycles. The van der Waals surface area contributed by atoms with Crippen molar-refractivity contribution in [2.24, 2.45) is 5.92 Å². The normalized spacial score (nSPS) is 31.6. The Labute approximate surface area is 86.4 Å². The van der Waals surface area contributed by atoms with Gasteiger partial charge in [-0.25, -0.2) is 8.42 Å². The molecule has 1 heterocycles. The van der Waals surface area contributed by atoms with Gasteiger partial charge >= 0.3 is 0 Å². The second-order valence-corrected chi connectivity index (χ2v) is 8.00. The molecule has 0 aromatic rings. The van der Waals surface area contributed by atoms with E-state index >= 15 is 0 Å². The summed E-state index contributed by atoms with van der Waals surface area (Å²) in [5.74, 6) is 1.19. The van der Waals surface area contributed by atoms with Crippen LogP contribution in [0.5, 0.6) is 0 Å². The SMILES string of the molecule is CC1(C)CN(CC2CC2)CCS1(=O)=O. The Morgan fingerprint density at radius 2 is 2.00 bits per heavy atom. The number of sulfone groups is 1. The standard InChI is InChI=1S/C10H19NO2S/c1-10(2)8-11(7-9-3-4-9)5-6-14(10,12)13/h9H,3-8H2,1-2H3. The van der Waals surface area contributed by atoms with E-state index in [0.29, 0.717) is 12.3 Å². The van der Waals surface area contributed by atoms with Gasteiger partial charge in [-0.05, 0) is 32.6 Å². The van der Waals surface area contributed by atoms with Crippen molar-refractivity contribution in [3.05, 3.63) is 0 Å². The molecule has 2 rings (SSSR count). The van der Waals surface area contributed by atoms with Crippen molar-refractivity contribution in [2.45, 2.75) is 31.4 Å². The van der Waals surface area contributed by atoms with Crippen molar-refractivity contribution in [3.63, 3.8) is 0 Å². The van der Waals surface area contributed by atoms with Crippen molar-refractivity contribution in [3.8, 4) is 0 Å². The third-order valence-corrected chi connectivity index (χ3v) is 5.87. The molecular weight excluding hydrogens is 198 g/mol. The van der Waals surface area contributed by atoms with E-state index in [1.165, 1.54) is 12.8 Å². The van der Waals surface area contributed by atoms with Crippen LogP contribution in [-0.4, -0.2) is 43.5 Å². The lowest BCUT2D eigenvalue weighted by Crippen LogP contribution is -2.53. The third-order valence-electron chi connectivity index (χ3n) is 3.34. The van der Waals surface area contributed by atoms with E-state index in [9.17, 15) is 8.42 Å². The average molecular weight is 217 g/mol. The zero-order valence-corrected chi connectivity index (χ0v) is 9.81. The van der Waals surface area contributed by atoms with Crippen LogP contribution in [-0.2, 0) is 9.84 Å². The van der Waals surface area contributed by atoms with E-state index < -0.39 is 14.6 Å². The molecule has 0 aromatic carbocycles. The van der Waals surface area contributed by atoms with Gasteiger partial charge in [-0.2, -0.15) is 0 Å². The van der Waals surface area contributed by atoms with Gasteiger partial charge in [0.05, 0.1) is 10.5 Å². The zero-order chi connectivity index (χ0) is 10.4. The molecular formula is C10H19NO2S.